The average Bonchev–Trinajstić information content (AvgIpc) is 2.89. The Bertz CT molecular complexity index is 476. The van der Waals surface area contributed by atoms with Crippen molar-refractivity contribution in [2.24, 2.45) is 7.05 Å². The first-order chi connectivity index (χ1) is 8.20. The SMILES string of the molecule is COCC(C)n1ccnc1Nc1ccn(C)n1. The van der Waals surface area contributed by atoms with E-state index in [2.05, 4.69) is 22.3 Å². The number of ether oxygens (including phenoxy) is 1. The fourth-order valence-corrected chi connectivity index (χ4v) is 1.68. The molecule has 2 heterocycles. The van der Waals surface area contributed by atoms with E-state index in [1.165, 1.54) is 0 Å². The van der Waals surface area contributed by atoms with Crippen molar-refractivity contribution in [2.45, 2.75) is 13.0 Å². The number of nitrogens with one attached hydrogen (secondary N) is 1. The van der Waals surface area contributed by atoms with Crippen molar-refractivity contribution >= 4 is 11.8 Å². The zero-order valence-corrected chi connectivity index (χ0v) is 10.3. The maximum absolute atomic E-state index is 5.14. The van der Waals surface area contributed by atoms with Crippen LogP contribution < -0.4 is 5.32 Å². The molecule has 1 N–H and O–H groups in total. The number of hydrogen-bond donors (Lipinski definition) is 1. The molecule has 0 spiro atoms. The number of methoxy groups -OCH3 is 1. The second kappa shape index (κ2) is 5.01. The molecule has 17 heavy (non-hydrogen) atoms. The van der Waals surface area contributed by atoms with Crippen molar-refractivity contribution in [3.8, 4) is 0 Å². The van der Waals surface area contributed by atoms with Gasteiger partial charge in [-0.15, -0.1) is 0 Å². The van der Waals surface area contributed by atoms with E-state index in [-0.39, 0.29) is 6.04 Å². The number of rotatable bonds is 5. The number of anilines is 2. The van der Waals surface area contributed by atoms with Crippen molar-refractivity contribution in [1.82, 2.24) is 19.3 Å². The smallest absolute Gasteiger partial charge is 0.208 e. The van der Waals surface area contributed by atoms with Gasteiger partial charge in [-0.25, -0.2) is 4.98 Å². The Hall–Kier alpha value is -1.82. The number of imidazole rings is 1. The van der Waals surface area contributed by atoms with Gasteiger partial charge in [-0.1, -0.05) is 0 Å². The van der Waals surface area contributed by atoms with Gasteiger partial charge in [0.2, 0.25) is 5.95 Å². The molecule has 0 aliphatic heterocycles. The highest BCUT2D eigenvalue weighted by Crippen LogP contribution is 2.17. The van der Waals surface area contributed by atoms with Gasteiger partial charge in [-0.2, -0.15) is 5.10 Å². The number of nitrogens with zero attached hydrogens (tertiary/aromatic N) is 4. The standard InChI is InChI=1S/C11H17N5O/c1-9(8-17-3)16-7-5-12-11(16)13-10-4-6-15(2)14-10/h4-7,9H,8H2,1-3H3,(H,12,13,14). The predicted octanol–water partition coefficient (Wildman–Crippen LogP) is 1.57. The summed E-state index contributed by atoms with van der Waals surface area (Å²) in [5.41, 5.74) is 0. The van der Waals surface area contributed by atoms with Gasteiger partial charge in [0.05, 0.1) is 12.6 Å². The molecule has 0 aliphatic carbocycles. The summed E-state index contributed by atoms with van der Waals surface area (Å²) >= 11 is 0. The molecule has 2 aromatic rings. The Morgan fingerprint density at radius 3 is 2.94 bits per heavy atom. The van der Waals surface area contributed by atoms with Crippen molar-refractivity contribution in [1.29, 1.82) is 0 Å². The molecule has 1 atom stereocenters. The third-order valence-corrected chi connectivity index (χ3v) is 2.50. The summed E-state index contributed by atoms with van der Waals surface area (Å²) in [6, 6.07) is 2.13. The Morgan fingerprint density at radius 2 is 2.29 bits per heavy atom. The zero-order valence-electron chi connectivity index (χ0n) is 10.3. The summed E-state index contributed by atoms with van der Waals surface area (Å²) in [6.45, 7) is 2.72. The maximum atomic E-state index is 5.14. The van der Waals surface area contributed by atoms with Gasteiger partial charge in [0.25, 0.3) is 0 Å². The van der Waals surface area contributed by atoms with Crippen molar-refractivity contribution < 1.29 is 4.74 Å². The van der Waals surface area contributed by atoms with Gasteiger partial charge in [0.15, 0.2) is 5.82 Å². The van der Waals surface area contributed by atoms with Crippen LogP contribution in [0.3, 0.4) is 0 Å². The lowest BCUT2D eigenvalue weighted by Crippen LogP contribution is -2.13. The Balaban J connectivity index is 2.13. The molecule has 0 aliphatic rings. The second-order valence-corrected chi connectivity index (χ2v) is 3.96. The molecule has 2 aromatic heterocycles. The second-order valence-electron chi connectivity index (χ2n) is 3.96. The fraction of sp³-hybridized carbons (Fsp3) is 0.455. The molecule has 6 nitrogen and oxygen atoms in total. The van der Waals surface area contributed by atoms with E-state index in [4.69, 9.17) is 4.74 Å². The molecule has 0 radical (unpaired) electrons. The third-order valence-electron chi connectivity index (χ3n) is 2.50. The molecule has 0 saturated carbocycles. The molecule has 0 aromatic carbocycles. The van der Waals surface area contributed by atoms with E-state index in [9.17, 15) is 0 Å². The normalized spacial score (nSPS) is 12.6. The van der Waals surface area contributed by atoms with Gasteiger partial charge in [-0.3, -0.25) is 4.68 Å². The molecule has 92 valence electrons. The Labute approximate surface area is 100 Å². The van der Waals surface area contributed by atoms with Crippen LogP contribution >= 0.6 is 0 Å². The summed E-state index contributed by atoms with van der Waals surface area (Å²) in [5.74, 6) is 1.55. The highest BCUT2D eigenvalue weighted by molar-refractivity contribution is 5.47. The van der Waals surface area contributed by atoms with Gasteiger partial charge in [0, 0.05) is 38.8 Å². The Morgan fingerprint density at radius 1 is 1.47 bits per heavy atom. The van der Waals surface area contributed by atoms with E-state index in [1.54, 1.807) is 18.0 Å². The number of aryl methyl sites for hydroxylation is 1. The van der Waals surface area contributed by atoms with Crippen LogP contribution in [0, 0.1) is 0 Å². The van der Waals surface area contributed by atoms with E-state index < -0.39 is 0 Å². The Kier molecular flexibility index (Phi) is 3.43. The molecular formula is C11H17N5O. The van der Waals surface area contributed by atoms with E-state index in [1.807, 2.05) is 30.1 Å². The molecule has 1 unspecified atom stereocenters. The first-order valence-corrected chi connectivity index (χ1v) is 5.49. The van der Waals surface area contributed by atoms with Crippen LogP contribution in [0.1, 0.15) is 13.0 Å². The zero-order chi connectivity index (χ0) is 12.3. The molecule has 0 fully saturated rings. The van der Waals surface area contributed by atoms with Gasteiger partial charge in [0.1, 0.15) is 0 Å². The van der Waals surface area contributed by atoms with E-state index >= 15 is 0 Å². The van der Waals surface area contributed by atoms with Crippen molar-refractivity contribution in [3.63, 3.8) is 0 Å². The monoisotopic (exact) mass is 235 g/mol. The topological polar surface area (TPSA) is 56.9 Å². The van der Waals surface area contributed by atoms with E-state index in [0.717, 1.165) is 11.8 Å². The van der Waals surface area contributed by atoms with Crippen LogP contribution in [0.15, 0.2) is 24.7 Å². The molecule has 0 saturated heterocycles. The summed E-state index contributed by atoms with van der Waals surface area (Å²) in [7, 11) is 3.57. The van der Waals surface area contributed by atoms with E-state index in [0.29, 0.717) is 6.61 Å². The quantitative estimate of drug-likeness (QED) is 0.854. The number of aromatic nitrogens is 4. The minimum atomic E-state index is 0.230. The average molecular weight is 235 g/mol. The van der Waals surface area contributed by atoms with Gasteiger partial charge < -0.3 is 14.6 Å². The predicted molar refractivity (Wildman–Crippen MR) is 65.3 cm³/mol. The van der Waals surface area contributed by atoms with Gasteiger partial charge >= 0.3 is 0 Å². The largest absolute Gasteiger partial charge is 0.383 e. The van der Waals surface area contributed by atoms with Crippen LogP contribution in [0.25, 0.3) is 0 Å². The van der Waals surface area contributed by atoms with Crippen LogP contribution in [0.2, 0.25) is 0 Å². The summed E-state index contributed by atoms with van der Waals surface area (Å²) < 4.78 is 8.91. The van der Waals surface area contributed by atoms with Crippen molar-refractivity contribution in [3.05, 3.63) is 24.7 Å². The molecular weight excluding hydrogens is 218 g/mol. The maximum Gasteiger partial charge on any atom is 0.208 e. The fourth-order valence-electron chi connectivity index (χ4n) is 1.68. The van der Waals surface area contributed by atoms with Crippen LogP contribution in [0.4, 0.5) is 11.8 Å². The first kappa shape index (κ1) is 11.7. The minimum absolute atomic E-state index is 0.230. The van der Waals surface area contributed by atoms with Crippen LogP contribution in [-0.4, -0.2) is 33.0 Å². The molecule has 6 heteroatoms. The number of hydrogen-bond acceptors (Lipinski definition) is 4. The lowest BCUT2D eigenvalue weighted by molar-refractivity contribution is 0.163. The minimum Gasteiger partial charge on any atom is -0.383 e. The van der Waals surface area contributed by atoms with Crippen LogP contribution in [0.5, 0.6) is 0 Å². The summed E-state index contributed by atoms with van der Waals surface area (Å²) in [5, 5.41) is 7.43. The molecule has 0 bridgehead atoms. The van der Waals surface area contributed by atoms with Crippen molar-refractivity contribution in [2.75, 3.05) is 19.0 Å². The van der Waals surface area contributed by atoms with Gasteiger partial charge in [-0.05, 0) is 6.92 Å². The third kappa shape index (κ3) is 2.65. The molecule has 0 amide bonds. The highest BCUT2D eigenvalue weighted by atomic mass is 16.5. The first-order valence-electron chi connectivity index (χ1n) is 5.49. The highest BCUT2D eigenvalue weighted by Gasteiger charge is 2.10. The lowest BCUT2D eigenvalue weighted by Gasteiger charge is -2.15. The summed E-state index contributed by atoms with van der Waals surface area (Å²) in [6.07, 6.45) is 5.57. The summed E-state index contributed by atoms with van der Waals surface area (Å²) in [4.78, 5) is 4.27. The van der Waals surface area contributed by atoms with Crippen LogP contribution in [-0.2, 0) is 11.8 Å². The molecule has 2 rings (SSSR count). The lowest BCUT2D eigenvalue weighted by atomic mass is 10.3.